The molecule has 0 aromatic rings. The van der Waals surface area contributed by atoms with E-state index in [1.807, 2.05) is 0 Å². The lowest BCUT2D eigenvalue weighted by Gasteiger charge is -2.14. The zero-order valence-corrected chi connectivity index (χ0v) is 7.63. The van der Waals surface area contributed by atoms with Crippen LogP contribution in [0.1, 0.15) is 6.42 Å². The number of halogens is 2. The minimum absolute atomic E-state index is 0.0460. The topological polar surface area (TPSA) is 35.5 Å². The number of ether oxygens (including phenoxy) is 2. The Bertz CT molecular complexity index is 298. The lowest BCUT2D eigenvalue weighted by molar-refractivity contribution is -0.136. The summed E-state index contributed by atoms with van der Waals surface area (Å²) in [4.78, 5) is 11.1. The fourth-order valence-electron chi connectivity index (χ4n) is 1.89. The van der Waals surface area contributed by atoms with Crippen molar-refractivity contribution in [2.75, 3.05) is 13.7 Å². The summed E-state index contributed by atoms with van der Waals surface area (Å²) in [6, 6.07) is 0. The van der Waals surface area contributed by atoms with E-state index in [9.17, 15) is 13.6 Å². The molecule has 2 atom stereocenters. The molecule has 14 heavy (non-hydrogen) atoms. The van der Waals surface area contributed by atoms with Crippen LogP contribution in [-0.2, 0) is 14.3 Å². The van der Waals surface area contributed by atoms with E-state index >= 15 is 0 Å². The summed E-state index contributed by atoms with van der Waals surface area (Å²) in [5.41, 5.74) is 0.293. The van der Waals surface area contributed by atoms with Crippen LogP contribution in [0.3, 0.4) is 0 Å². The summed E-state index contributed by atoms with van der Waals surface area (Å²) in [5.74, 6) is -4.26. The van der Waals surface area contributed by atoms with Crippen LogP contribution < -0.4 is 0 Å². The number of carbonyl (C=O) groups excluding carboxylic acids is 1. The molecule has 0 amide bonds. The van der Waals surface area contributed by atoms with Crippen LogP contribution in [0.2, 0.25) is 0 Å². The number of hydrogen-bond donors (Lipinski definition) is 0. The monoisotopic (exact) mass is 204 g/mol. The number of carbonyl (C=O) groups is 1. The van der Waals surface area contributed by atoms with E-state index in [0.29, 0.717) is 5.57 Å². The molecule has 78 valence electrons. The maximum Gasteiger partial charge on any atom is 0.333 e. The molecule has 0 radical (unpaired) electrons. The summed E-state index contributed by atoms with van der Waals surface area (Å²) < 4.78 is 35.6. The van der Waals surface area contributed by atoms with Crippen LogP contribution in [-0.4, -0.2) is 31.7 Å². The van der Waals surface area contributed by atoms with Crippen molar-refractivity contribution < 1.29 is 23.0 Å². The van der Waals surface area contributed by atoms with Crippen molar-refractivity contribution in [3.8, 4) is 0 Å². The van der Waals surface area contributed by atoms with Crippen LogP contribution in [0.15, 0.2) is 11.6 Å². The van der Waals surface area contributed by atoms with E-state index in [-0.39, 0.29) is 6.42 Å². The second-order valence-electron chi connectivity index (χ2n) is 3.53. The maximum absolute atomic E-state index is 13.1. The van der Waals surface area contributed by atoms with Gasteiger partial charge in [-0.05, 0) is 12.5 Å². The molecule has 2 aliphatic rings. The number of hydrogen-bond acceptors (Lipinski definition) is 3. The molecule has 2 unspecified atom stereocenters. The van der Waals surface area contributed by atoms with Crippen LogP contribution in [0, 0.1) is 5.92 Å². The highest BCUT2D eigenvalue weighted by molar-refractivity contribution is 5.89. The van der Waals surface area contributed by atoms with Gasteiger partial charge >= 0.3 is 5.97 Å². The molecular formula is C9H10F2O3. The zero-order chi connectivity index (χ0) is 10.3. The Balaban J connectivity index is 2.14. The standard InChI is InChI=1S/C9H10F2O3/c1-13-8(12)5-2-6-7(3-5)14-4-9(6,10)11/h3,6-7H,2,4H2,1H3. The molecule has 0 saturated carbocycles. The van der Waals surface area contributed by atoms with Crippen molar-refractivity contribution in [3.63, 3.8) is 0 Å². The number of alkyl halides is 2. The Morgan fingerprint density at radius 2 is 2.43 bits per heavy atom. The summed E-state index contributed by atoms with van der Waals surface area (Å²) in [6.45, 7) is -0.548. The van der Waals surface area contributed by atoms with E-state index in [0.717, 1.165) is 0 Å². The van der Waals surface area contributed by atoms with Crippen molar-refractivity contribution in [1.82, 2.24) is 0 Å². The number of methoxy groups -OCH3 is 1. The molecule has 2 rings (SSSR count). The molecule has 5 heteroatoms. The van der Waals surface area contributed by atoms with Gasteiger partial charge in [0.2, 0.25) is 0 Å². The Hall–Kier alpha value is -0.970. The molecule has 1 aliphatic carbocycles. The highest BCUT2D eigenvalue weighted by Gasteiger charge is 2.53. The summed E-state index contributed by atoms with van der Waals surface area (Å²) in [7, 11) is 1.23. The third kappa shape index (κ3) is 1.32. The smallest absolute Gasteiger partial charge is 0.333 e. The Morgan fingerprint density at radius 3 is 3.00 bits per heavy atom. The molecule has 3 nitrogen and oxygen atoms in total. The second kappa shape index (κ2) is 3.02. The van der Waals surface area contributed by atoms with E-state index in [4.69, 9.17) is 4.74 Å². The zero-order valence-electron chi connectivity index (χ0n) is 7.63. The van der Waals surface area contributed by atoms with E-state index in [2.05, 4.69) is 4.74 Å². The Morgan fingerprint density at radius 1 is 1.71 bits per heavy atom. The predicted octanol–water partition coefficient (Wildman–Crippen LogP) is 1.14. The van der Waals surface area contributed by atoms with E-state index in [1.165, 1.54) is 13.2 Å². The van der Waals surface area contributed by atoms with E-state index < -0.39 is 30.5 Å². The minimum atomic E-state index is -2.82. The molecule has 0 N–H and O–H groups in total. The largest absolute Gasteiger partial charge is 0.466 e. The molecule has 1 aliphatic heterocycles. The Labute approximate surface area is 79.7 Å². The number of esters is 1. The fraction of sp³-hybridized carbons (Fsp3) is 0.667. The Kier molecular flexibility index (Phi) is 2.06. The number of rotatable bonds is 1. The fourth-order valence-corrected chi connectivity index (χ4v) is 1.89. The first kappa shape index (κ1) is 9.58. The summed E-state index contributed by atoms with van der Waals surface area (Å²) >= 11 is 0. The first-order chi connectivity index (χ1) is 6.54. The summed E-state index contributed by atoms with van der Waals surface area (Å²) in [5, 5.41) is 0. The van der Waals surface area contributed by atoms with Gasteiger partial charge in [0.25, 0.3) is 5.92 Å². The third-order valence-corrected chi connectivity index (χ3v) is 2.66. The first-order valence-electron chi connectivity index (χ1n) is 4.33. The summed E-state index contributed by atoms with van der Waals surface area (Å²) in [6.07, 6.45) is 0.862. The van der Waals surface area contributed by atoms with Crippen molar-refractivity contribution in [2.24, 2.45) is 5.92 Å². The third-order valence-electron chi connectivity index (χ3n) is 2.66. The van der Waals surface area contributed by atoms with Crippen molar-refractivity contribution in [1.29, 1.82) is 0 Å². The van der Waals surface area contributed by atoms with E-state index in [1.54, 1.807) is 0 Å². The van der Waals surface area contributed by atoms with Crippen molar-refractivity contribution >= 4 is 5.97 Å². The lowest BCUT2D eigenvalue weighted by Crippen LogP contribution is -2.27. The first-order valence-corrected chi connectivity index (χ1v) is 4.33. The second-order valence-corrected chi connectivity index (χ2v) is 3.53. The number of fused-ring (bicyclic) bond motifs is 1. The molecule has 0 aromatic heterocycles. The SMILES string of the molecule is COC(=O)C1=CC2OCC(F)(F)C2C1. The molecule has 1 fully saturated rings. The normalized spacial score (nSPS) is 33.8. The van der Waals surface area contributed by atoms with Gasteiger partial charge in [0.1, 0.15) is 6.61 Å². The maximum atomic E-state index is 13.1. The highest BCUT2D eigenvalue weighted by atomic mass is 19.3. The van der Waals surface area contributed by atoms with Gasteiger partial charge in [0.05, 0.1) is 19.1 Å². The molecule has 1 saturated heterocycles. The van der Waals surface area contributed by atoms with Gasteiger partial charge in [0.15, 0.2) is 0 Å². The highest BCUT2D eigenvalue weighted by Crippen LogP contribution is 2.44. The molecular weight excluding hydrogens is 194 g/mol. The van der Waals surface area contributed by atoms with Gasteiger partial charge in [0, 0.05) is 5.57 Å². The molecule has 0 bridgehead atoms. The minimum Gasteiger partial charge on any atom is -0.466 e. The van der Waals surface area contributed by atoms with Gasteiger partial charge in [-0.1, -0.05) is 0 Å². The van der Waals surface area contributed by atoms with Gasteiger partial charge in [-0.2, -0.15) is 0 Å². The molecule has 0 aromatic carbocycles. The van der Waals surface area contributed by atoms with Crippen LogP contribution in [0.4, 0.5) is 8.78 Å². The van der Waals surface area contributed by atoms with Gasteiger partial charge in [-0.3, -0.25) is 0 Å². The average molecular weight is 204 g/mol. The van der Waals surface area contributed by atoms with Crippen LogP contribution >= 0.6 is 0 Å². The van der Waals surface area contributed by atoms with Crippen molar-refractivity contribution in [2.45, 2.75) is 18.4 Å². The van der Waals surface area contributed by atoms with Crippen molar-refractivity contribution in [3.05, 3.63) is 11.6 Å². The van der Waals surface area contributed by atoms with Gasteiger partial charge in [-0.25, -0.2) is 13.6 Å². The molecule has 1 heterocycles. The van der Waals surface area contributed by atoms with Gasteiger partial charge in [-0.15, -0.1) is 0 Å². The van der Waals surface area contributed by atoms with Gasteiger partial charge < -0.3 is 9.47 Å². The lowest BCUT2D eigenvalue weighted by atomic mass is 9.99. The quantitative estimate of drug-likeness (QED) is 0.601. The van der Waals surface area contributed by atoms with Crippen LogP contribution in [0.5, 0.6) is 0 Å². The molecule has 0 spiro atoms. The van der Waals surface area contributed by atoms with Crippen LogP contribution in [0.25, 0.3) is 0 Å². The average Bonchev–Trinajstić information content (AvgIpc) is 2.67. The predicted molar refractivity (Wildman–Crippen MR) is 42.9 cm³/mol.